The Hall–Kier alpha value is -4.30. The van der Waals surface area contributed by atoms with Gasteiger partial charge >= 0.3 is 0 Å². The summed E-state index contributed by atoms with van der Waals surface area (Å²) in [5.41, 5.74) is 11.6. The summed E-state index contributed by atoms with van der Waals surface area (Å²) >= 11 is 0. The van der Waals surface area contributed by atoms with Gasteiger partial charge in [-0.1, -0.05) is 71.9 Å². The lowest BCUT2D eigenvalue weighted by atomic mass is 9.91. The van der Waals surface area contributed by atoms with E-state index in [1.54, 1.807) is 11.0 Å². The number of aryl methyl sites for hydroxylation is 1. The van der Waals surface area contributed by atoms with E-state index in [1.165, 1.54) is 0 Å². The number of carbonyl (C=O) groups is 2. The lowest BCUT2D eigenvalue weighted by molar-refractivity contribution is -0.124. The second-order valence-corrected chi connectivity index (χ2v) is 11.2. The van der Waals surface area contributed by atoms with Crippen LogP contribution in [0.15, 0.2) is 85.1 Å². The normalized spacial score (nSPS) is 18.6. The number of hydrogen-bond acceptors (Lipinski definition) is 5. The van der Waals surface area contributed by atoms with Crippen molar-refractivity contribution in [1.29, 1.82) is 0 Å². The van der Waals surface area contributed by atoms with Crippen LogP contribution in [0.1, 0.15) is 75.4 Å². The number of nitrogens with zero attached hydrogens (tertiary/aromatic N) is 4. The fourth-order valence-electron chi connectivity index (χ4n) is 5.86. The van der Waals surface area contributed by atoms with Crippen molar-refractivity contribution in [2.45, 2.75) is 56.7 Å². The minimum atomic E-state index is -0.622. The first-order chi connectivity index (χ1) is 20.0. The highest BCUT2D eigenvalue weighted by Gasteiger charge is 2.42. The van der Waals surface area contributed by atoms with Gasteiger partial charge in [-0.2, -0.15) is 0 Å². The third-order valence-corrected chi connectivity index (χ3v) is 8.43. The molecule has 4 aromatic rings. The van der Waals surface area contributed by atoms with Gasteiger partial charge in [-0.25, -0.2) is 4.68 Å². The van der Waals surface area contributed by atoms with Gasteiger partial charge in [-0.05, 0) is 54.2 Å². The Kier molecular flexibility index (Phi) is 7.65. The molecule has 0 bridgehead atoms. The summed E-state index contributed by atoms with van der Waals surface area (Å²) in [4.78, 5) is 29.4. The van der Waals surface area contributed by atoms with Crippen LogP contribution >= 0.6 is 0 Å². The predicted octanol–water partition coefficient (Wildman–Crippen LogP) is 4.33. The van der Waals surface area contributed by atoms with E-state index in [-0.39, 0.29) is 23.8 Å². The Bertz CT molecular complexity index is 1480. The van der Waals surface area contributed by atoms with E-state index >= 15 is 0 Å². The smallest absolute Gasteiger partial charge is 0.254 e. The fourth-order valence-corrected chi connectivity index (χ4v) is 5.86. The van der Waals surface area contributed by atoms with Crippen molar-refractivity contribution < 1.29 is 9.59 Å². The number of carbonyl (C=O) groups excluding carboxylic acids is 2. The molecule has 0 unspecified atom stereocenters. The molecule has 8 nitrogen and oxygen atoms in total. The maximum Gasteiger partial charge on any atom is 0.254 e. The van der Waals surface area contributed by atoms with Gasteiger partial charge in [0.2, 0.25) is 5.91 Å². The van der Waals surface area contributed by atoms with E-state index in [0.29, 0.717) is 37.5 Å². The molecule has 2 fully saturated rings. The lowest BCUT2D eigenvalue weighted by Gasteiger charge is -2.26. The van der Waals surface area contributed by atoms with Gasteiger partial charge in [0.15, 0.2) is 0 Å². The zero-order valence-electron chi connectivity index (χ0n) is 23.3. The van der Waals surface area contributed by atoms with Crippen LogP contribution in [0.3, 0.4) is 0 Å². The summed E-state index contributed by atoms with van der Waals surface area (Å²) in [6.07, 6.45) is 4.75. The highest BCUT2D eigenvalue weighted by molar-refractivity contribution is 5.98. The van der Waals surface area contributed by atoms with Crippen molar-refractivity contribution in [2.75, 3.05) is 13.1 Å². The van der Waals surface area contributed by atoms with Crippen molar-refractivity contribution in [3.63, 3.8) is 0 Å². The highest BCUT2D eigenvalue weighted by Crippen LogP contribution is 2.39. The molecule has 2 heterocycles. The molecular weight excluding hydrogens is 512 g/mol. The van der Waals surface area contributed by atoms with E-state index < -0.39 is 6.04 Å². The van der Waals surface area contributed by atoms with Crippen LogP contribution in [0.5, 0.6) is 0 Å². The quantitative estimate of drug-likeness (QED) is 0.324. The van der Waals surface area contributed by atoms with Gasteiger partial charge in [0.25, 0.3) is 5.91 Å². The Labute approximate surface area is 240 Å². The van der Waals surface area contributed by atoms with Gasteiger partial charge in [0.1, 0.15) is 6.04 Å². The van der Waals surface area contributed by atoms with Crippen molar-refractivity contribution in [3.8, 4) is 0 Å². The second-order valence-electron chi connectivity index (χ2n) is 11.2. The monoisotopic (exact) mass is 548 g/mol. The molecule has 3 N–H and O–H groups in total. The molecule has 0 radical (unpaired) electrons. The molecule has 1 saturated carbocycles. The van der Waals surface area contributed by atoms with Crippen LogP contribution in [0.2, 0.25) is 0 Å². The lowest BCUT2D eigenvalue weighted by Crippen LogP contribution is -2.46. The Morgan fingerprint density at radius 2 is 1.68 bits per heavy atom. The highest BCUT2D eigenvalue weighted by atomic mass is 16.2. The van der Waals surface area contributed by atoms with E-state index in [0.717, 1.165) is 40.8 Å². The minimum absolute atomic E-state index is 0.00873. The average Bonchev–Trinajstić information content (AvgIpc) is 3.56. The molecule has 1 aliphatic carbocycles. The van der Waals surface area contributed by atoms with Crippen molar-refractivity contribution in [2.24, 2.45) is 5.73 Å². The molecule has 6 rings (SSSR count). The summed E-state index contributed by atoms with van der Waals surface area (Å²) in [5, 5.41) is 12.0. The molecule has 2 amide bonds. The van der Waals surface area contributed by atoms with Gasteiger partial charge in [-0.15, -0.1) is 5.10 Å². The molecule has 2 atom stereocenters. The average molecular weight is 549 g/mol. The van der Waals surface area contributed by atoms with Crippen LogP contribution in [-0.2, 0) is 11.3 Å². The first-order valence-electron chi connectivity index (χ1n) is 14.4. The molecule has 1 aromatic heterocycles. The summed E-state index contributed by atoms with van der Waals surface area (Å²) in [5.74, 6) is 0.157. The van der Waals surface area contributed by atoms with Crippen LogP contribution < -0.4 is 11.1 Å². The zero-order valence-corrected chi connectivity index (χ0v) is 23.3. The number of benzene rings is 3. The number of hydrogen-bond donors (Lipinski definition) is 2. The Morgan fingerprint density at radius 1 is 1.00 bits per heavy atom. The zero-order chi connectivity index (χ0) is 28.3. The summed E-state index contributed by atoms with van der Waals surface area (Å²) in [6, 6.07) is 25.2. The van der Waals surface area contributed by atoms with Crippen molar-refractivity contribution in [1.82, 2.24) is 25.2 Å². The number of aromatic nitrogens is 3. The van der Waals surface area contributed by atoms with Crippen molar-refractivity contribution >= 4 is 11.8 Å². The fraction of sp³-hybridized carbons (Fsp3) is 0.333. The first-order valence-corrected chi connectivity index (χ1v) is 14.4. The number of likely N-dealkylation sites (tertiary alicyclic amines) is 1. The number of nitrogens with one attached hydrogen (secondary N) is 1. The Balaban J connectivity index is 1.25. The summed E-state index contributed by atoms with van der Waals surface area (Å²) < 4.78 is 1.85. The molecule has 1 saturated heterocycles. The maximum absolute atomic E-state index is 13.9. The molecule has 1 aliphatic heterocycles. The second kappa shape index (κ2) is 11.7. The minimum Gasteiger partial charge on any atom is -0.353 e. The molecule has 210 valence electrons. The van der Waals surface area contributed by atoms with Crippen LogP contribution in [0.4, 0.5) is 0 Å². The van der Waals surface area contributed by atoms with Crippen LogP contribution in [-0.4, -0.2) is 50.8 Å². The standard InChI is InChI=1S/C33H36N6O2/c1-22-16-26(14-15-27(22)18-34)33(41)38-20-28(39-21-30(36-37-39)25-12-13-25)17-31(38)32(40)35-19-29(23-8-4-2-5-9-23)24-10-6-3-7-11-24/h2-11,14-16,21,25,28-29,31H,12-13,17-20,34H2,1H3,(H,35,40)/t28-,31-/m0/s1. The third kappa shape index (κ3) is 5.79. The van der Waals surface area contributed by atoms with E-state index in [9.17, 15) is 9.59 Å². The van der Waals surface area contributed by atoms with E-state index in [4.69, 9.17) is 5.73 Å². The molecular formula is C33H36N6O2. The van der Waals surface area contributed by atoms with Crippen LogP contribution in [0, 0.1) is 6.92 Å². The Morgan fingerprint density at radius 3 is 2.29 bits per heavy atom. The number of rotatable bonds is 9. The third-order valence-electron chi connectivity index (χ3n) is 8.43. The SMILES string of the molecule is Cc1cc(C(=O)N2C[C@@H](n3cc(C4CC4)nn3)C[C@H]2C(=O)NCC(c2ccccc2)c2ccccc2)ccc1CN. The van der Waals surface area contributed by atoms with Gasteiger partial charge in [-0.3, -0.25) is 9.59 Å². The molecule has 2 aliphatic rings. The number of nitrogens with two attached hydrogens (primary N) is 1. The van der Waals surface area contributed by atoms with Crippen LogP contribution in [0.25, 0.3) is 0 Å². The predicted molar refractivity (Wildman–Crippen MR) is 157 cm³/mol. The van der Waals surface area contributed by atoms with Gasteiger partial charge in [0.05, 0.1) is 11.7 Å². The number of amides is 2. The van der Waals surface area contributed by atoms with Gasteiger partial charge in [0, 0.05) is 49.7 Å². The van der Waals surface area contributed by atoms with E-state index in [2.05, 4.69) is 39.9 Å². The summed E-state index contributed by atoms with van der Waals surface area (Å²) in [6.45, 7) is 3.19. The topological polar surface area (TPSA) is 106 Å². The first kappa shape index (κ1) is 26.9. The maximum atomic E-state index is 13.9. The molecule has 41 heavy (non-hydrogen) atoms. The summed E-state index contributed by atoms with van der Waals surface area (Å²) in [7, 11) is 0. The molecule has 3 aromatic carbocycles. The molecule has 8 heteroatoms. The molecule has 0 spiro atoms. The largest absolute Gasteiger partial charge is 0.353 e. The van der Waals surface area contributed by atoms with Gasteiger partial charge < -0.3 is 16.0 Å². The van der Waals surface area contributed by atoms with E-state index in [1.807, 2.05) is 66.3 Å². The van der Waals surface area contributed by atoms with Crippen molar-refractivity contribution in [3.05, 3.63) is 119 Å².